The van der Waals surface area contributed by atoms with Crippen LogP contribution in [0.2, 0.25) is 0 Å². The highest BCUT2D eigenvalue weighted by atomic mass is 33.2. The van der Waals surface area contributed by atoms with Crippen LogP contribution >= 0.6 is 243 Å². The van der Waals surface area contributed by atoms with Gasteiger partial charge >= 0.3 is 6.16 Å². The van der Waals surface area contributed by atoms with E-state index in [9.17, 15) is 9.59 Å². The first-order chi connectivity index (χ1) is 26.3. The van der Waals surface area contributed by atoms with E-state index >= 15 is 0 Å². The second-order valence-corrected chi connectivity index (χ2v) is 121. The monoisotopic (exact) mass is 1340 g/mol. The van der Waals surface area contributed by atoms with Crippen molar-refractivity contribution in [2.24, 2.45) is 16.7 Å². The number of ether oxygens (including phenoxy) is 2. The maximum atomic E-state index is 14.8. The minimum atomic E-state index is -1.16. The van der Waals surface area contributed by atoms with Crippen LogP contribution in [0.15, 0.2) is 11.1 Å². The second kappa shape index (κ2) is 26.8. The Labute approximate surface area is 395 Å². The minimum Gasteiger partial charge on any atom is -0.426 e. The van der Waals surface area contributed by atoms with Gasteiger partial charge in [0, 0.05) is 44.6 Å². The van der Waals surface area contributed by atoms with Crippen LogP contribution in [0.25, 0.3) is 0 Å². The lowest BCUT2D eigenvalue weighted by atomic mass is 9.48. The third-order valence-corrected chi connectivity index (χ3v) is 151. The van der Waals surface area contributed by atoms with E-state index in [-0.39, 0.29) is 24.1 Å². The van der Waals surface area contributed by atoms with E-state index in [2.05, 4.69) is 171 Å². The molecule has 37 heteroatoms. The van der Waals surface area contributed by atoms with Gasteiger partial charge in [-0.3, -0.25) is 4.79 Å². The number of hydrogen-bond donors (Lipinski definition) is 0. The van der Waals surface area contributed by atoms with Crippen LogP contribution < -0.4 is 0 Å². The van der Waals surface area contributed by atoms with E-state index in [1.54, 1.807) is 0 Å². The average molecular weight is 1340 g/mol. The highest BCUT2D eigenvalue weighted by Crippen LogP contribution is 3.18. The number of Topliss-reactive ketones (excluding diaryl/α,β-unsaturated/α-hetero) is 1. The fourth-order valence-corrected chi connectivity index (χ4v) is 203. The lowest BCUT2D eigenvalue weighted by molar-refractivity contribution is -0.174. The molecule has 4 aliphatic rings. The summed E-state index contributed by atoms with van der Waals surface area (Å²) in [5.41, 5.74) is -0.233. The Balaban J connectivity index is 2.08. The molecule has 1 heterocycles. The molecule has 2 saturated carbocycles. The topological polar surface area (TPSA) is 80.3 Å². The van der Waals surface area contributed by atoms with Gasteiger partial charge < -0.3 is 23.0 Å². The normalized spacial score (nSPS) is 32.9. The van der Waals surface area contributed by atoms with Crippen LogP contribution in [0.4, 0.5) is 4.79 Å². The quantitative estimate of drug-likeness (QED) is 0.0815. The molecule has 0 N–H and O–H groups in total. The van der Waals surface area contributed by atoms with E-state index in [4.69, 9.17) is 23.0 Å². The molecule has 1 aliphatic heterocycles. The van der Waals surface area contributed by atoms with Crippen LogP contribution in [-0.2, 0) is 27.8 Å². The van der Waals surface area contributed by atoms with E-state index in [1.807, 2.05) is 0 Å². The van der Waals surface area contributed by atoms with Crippen molar-refractivity contribution in [2.45, 2.75) is 83.4 Å². The molecule has 330 valence electrons. The highest BCUT2D eigenvalue weighted by Gasteiger charge is 2.73. The first-order valence-corrected chi connectivity index (χ1v) is 68.7. The summed E-state index contributed by atoms with van der Waals surface area (Å²) in [5.74, 6) is -0.498. The van der Waals surface area contributed by atoms with Gasteiger partial charge in [-0.1, -0.05) is 37.7 Å². The van der Waals surface area contributed by atoms with Gasteiger partial charge in [-0.2, -0.15) is 0 Å². The van der Waals surface area contributed by atoms with Crippen molar-refractivity contribution in [1.82, 2.24) is 0 Å². The van der Waals surface area contributed by atoms with Gasteiger partial charge in [-0.25, -0.2) is 4.79 Å². The highest BCUT2D eigenvalue weighted by molar-refractivity contribution is 9.19. The van der Waals surface area contributed by atoms with Crippen LogP contribution in [0.3, 0.4) is 0 Å². The summed E-state index contributed by atoms with van der Waals surface area (Å²) in [4.78, 5) is 28.7. The molecule has 28 atom stereocenters. The van der Waals surface area contributed by atoms with Crippen LogP contribution in [0, 0.1) is 16.7 Å². The van der Waals surface area contributed by atoms with Crippen molar-refractivity contribution in [3.05, 3.63) is 11.1 Å². The summed E-state index contributed by atoms with van der Waals surface area (Å²) in [6.45, 7) is 4.13. The summed E-state index contributed by atoms with van der Waals surface area (Å²) in [6, 6.07) is 0. The molecule has 0 amide bonds. The van der Waals surface area contributed by atoms with Crippen LogP contribution in [0.5, 0.6) is 0 Å². The van der Waals surface area contributed by atoms with E-state index < -0.39 is 127 Å². The number of carbonyl (C=O) groups is 2. The first-order valence-electron chi connectivity index (χ1n) is 16.5. The number of rotatable bonds is 17. The number of ketones is 1. The molecular formula is C20H58O7P30. The molecule has 0 radical (unpaired) electrons. The van der Waals surface area contributed by atoms with Crippen molar-refractivity contribution in [1.29, 1.82) is 0 Å². The summed E-state index contributed by atoms with van der Waals surface area (Å²) < 4.78 is 36.0. The third-order valence-electron chi connectivity index (χ3n) is 10.5. The lowest BCUT2D eigenvalue weighted by Crippen LogP contribution is -2.68. The predicted octanol–water partition coefficient (Wildman–Crippen LogP) is 19.9. The molecule has 0 aromatic carbocycles. The number of carbonyl (C=O) groups excluding carboxylic acids is 2. The van der Waals surface area contributed by atoms with Crippen molar-refractivity contribution in [3.8, 4) is 0 Å². The molecule has 21 unspecified atom stereocenters. The smallest absolute Gasteiger partial charge is 0.426 e. The van der Waals surface area contributed by atoms with E-state index in [1.165, 1.54) is 5.57 Å². The van der Waals surface area contributed by atoms with Gasteiger partial charge in [0.05, 0.1) is 46.8 Å². The Morgan fingerprint density at radius 2 is 1.23 bits per heavy atom. The Kier molecular flexibility index (Phi) is 28.7. The van der Waals surface area contributed by atoms with Crippen molar-refractivity contribution in [2.75, 3.05) is 0 Å². The Hall–Kier alpha value is 11.5. The zero-order valence-corrected chi connectivity index (χ0v) is 62.7. The molecule has 0 aromatic rings. The SMILES string of the molecule is CC1=C2[C@H](OP(P(P)P)P(PP)P(P)P)C[C@]3(C)[C@@H](OP(P(P)P)P(P)P)CCC(=O)[C@H]3[C@@H]3OC(=O)O[C@@]3(C[C@@H]1OP(P(P)P(P)P)P(P(P)P)P(P)P)C2(C)C. The summed E-state index contributed by atoms with van der Waals surface area (Å²) in [5, 5.41) is 0. The molecular weight excluding hydrogens is 1280 g/mol. The Bertz CT molecular complexity index is 1440. The van der Waals surface area contributed by atoms with Gasteiger partial charge in [0.25, 0.3) is 0 Å². The zero-order chi connectivity index (χ0) is 43.3. The van der Waals surface area contributed by atoms with E-state index in [0.717, 1.165) is 5.57 Å². The van der Waals surface area contributed by atoms with Gasteiger partial charge in [0.2, 0.25) is 0 Å². The van der Waals surface area contributed by atoms with Gasteiger partial charge in [0.1, 0.15) is 5.78 Å². The number of fused-ring (bicyclic) bond motifs is 3. The third kappa shape index (κ3) is 14.2. The molecule has 57 heavy (non-hydrogen) atoms. The van der Waals surface area contributed by atoms with Crippen LogP contribution in [0.1, 0.15) is 53.4 Å². The lowest BCUT2D eigenvalue weighted by Gasteiger charge is -2.60. The fourth-order valence-electron chi connectivity index (χ4n) is 8.15. The maximum absolute atomic E-state index is 14.8. The van der Waals surface area contributed by atoms with Gasteiger partial charge in [0.15, 0.2) is 11.7 Å². The number of hydrogen-bond acceptors (Lipinski definition) is 7. The molecule has 7 nitrogen and oxygen atoms in total. The van der Waals surface area contributed by atoms with Crippen molar-refractivity contribution >= 4 is 255 Å². The molecule has 3 fully saturated rings. The summed E-state index contributed by atoms with van der Waals surface area (Å²) in [7, 11) is 47.5. The summed E-state index contributed by atoms with van der Waals surface area (Å²) in [6.07, 6.45) is -0.373. The largest absolute Gasteiger partial charge is 0.509 e. The van der Waals surface area contributed by atoms with Crippen molar-refractivity contribution < 1.29 is 32.6 Å². The van der Waals surface area contributed by atoms with Crippen LogP contribution in [-0.4, -0.2) is 42.0 Å². The Morgan fingerprint density at radius 3 is 1.70 bits per heavy atom. The first kappa shape index (κ1) is 61.0. The zero-order valence-electron chi connectivity index (χ0n) is 31.6. The molecule has 3 aliphatic carbocycles. The van der Waals surface area contributed by atoms with Crippen molar-refractivity contribution in [3.63, 3.8) is 0 Å². The van der Waals surface area contributed by atoms with Gasteiger partial charge in [-0.05, 0) is 79.8 Å². The van der Waals surface area contributed by atoms with Gasteiger partial charge in [-0.15, -0.1) is 134 Å². The summed E-state index contributed by atoms with van der Waals surface area (Å²) >= 11 is 0. The molecule has 0 aromatic heterocycles. The molecule has 4 rings (SSSR count). The predicted molar refractivity (Wildman–Crippen MR) is 344 cm³/mol. The van der Waals surface area contributed by atoms with E-state index in [0.29, 0.717) is 33.6 Å². The average Bonchev–Trinajstić information content (AvgIpc) is 3.40. The maximum Gasteiger partial charge on any atom is 0.509 e. The molecule has 2 bridgehead atoms. The minimum absolute atomic E-state index is 0.127. The fraction of sp³-hybridized carbons (Fsp3) is 0.800. The molecule has 1 saturated heterocycles. The molecule has 1 spiro atoms. The second-order valence-electron chi connectivity index (χ2n) is 14.1. The Morgan fingerprint density at radius 1 is 0.684 bits per heavy atom. The standard InChI is InChI=1S/C20H58O7P30/c1-9-11(25-47(55(43)51(35)36)57(53(39)40)54(41)42)8-20-16(23-17(22)24-20)15-10(21)5-6-13(27-45(48(29)30)49(31)32)19(15,4)7-12(14(9)18(20,2)3)26-46(50(33)34)56(44-28)52(37)38/h11-13,15-16,44H,5-8,28-43H2,1-4H3/t11-,12+,13-,15-,16-,19+,20+,46?,47?,55?,56?/m0/s1.